The molecular formula is C12H10F18N2O4S2. The van der Waals surface area contributed by atoms with Gasteiger partial charge in [0.15, 0.2) is 0 Å². The number of nitrogens with one attached hydrogen (secondary N) is 1. The highest BCUT2D eigenvalue weighted by molar-refractivity contribution is 7.90. The van der Waals surface area contributed by atoms with E-state index in [1.54, 1.807) is 0 Å². The van der Waals surface area contributed by atoms with Crippen LogP contribution in [0.4, 0.5) is 79.0 Å². The van der Waals surface area contributed by atoms with Crippen LogP contribution in [0.1, 0.15) is 6.42 Å². The fraction of sp³-hybridized carbons (Fsp3) is 1.00. The lowest BCUT2D eigenvalue weighted by Crippen LogP contribution is -2.65. The molecule has 0 aliphatic rings. The first-order valence-electron chi connectivity index (χ1n) is 8.48. The van der Waals surface area contributed by atoms with Gasteiger partial charge in [0.05, 0.1) is 0 Å². The number of rotatable bonds is 12. The second-order valence-corrected chi connectivity index (χ2v) is 10.8. The lowest BCUT2D eigenvalue weighted by molar-refractivity contribution is -0.382. The van der Waals surface area contributed by atoms with Crippen LogP contribution in [0.2, 0.25) is 0 Å². The van der Waals surface area contributed by atoms with Gasteiger partial charge in [0.2, 0.25) is 0 Å². The molecule has 0 heterocycles. The molecule has 26 heteroatoms. The van der Waals surface area contributed by atoms with Crippen molar-refractivity contribution in [3.63, 3.8) is 0 Å². The Morgan fingerprint density at radius 3 is 1.18 bits per heavy atom. The fourth-order valence-corrected chi connectivity index (χ4v) is 4.24. The van der Waals surface area contributed by atoms with Crippen LogP contribution in [0.3, 0.4) is 0 Å². The number of sulfonamides is 2. The molecule has 0 saturated heterocycles. The van der Waals surface area contributed by atoms with E-state index in [-0.39, 0.29) is 11.8 Å². The van der Waals surface area contributed by atoms with Crippen LogP contribution in [0.5, 0.6) is 0 Å². The summed E-state index contributed by atoms with van der Waals surface area (Å²) in [5.74, 6) is -30.7. The van der Waals surface area contributed by atoms with E-state index in [1.165, 1.54) is 0 Å². The molecule has 0 aromatic heterocycles. The first kappa shape index (κ1) is 36.6. The molecule has 0 atom stereocenters. The second-order valence-electron chi connectivity index (χ2n) is 6.90. The lowest BCUT2D eigenvalue weighted by atomic mass is 10.1. The van der Waals surface area contributed by atoms with E-state index in [0.717, 1.165) is 0 Å². The Hall–Kier alpha value is -1.44. The third-order valence-corrected chi connectivity index (χ3v) is 7.67. The highest BCUT2D eigenvalue weighted by Crippen LogP contribution is 2.56. The minimum atomic E-state index is -7.69. The zero-order valence-electron chi connectivity index (χ0n) is 17.3. The van der Waals surface area contributed by atoms with Gasteiger partial charge in [-0.2, -0.15) is 83.3 Å². The highest BCUT2D eigenvalue weighted by Gasteiger charge is 2.86. The van der Waals surface area contributed by atoms with Crippen molar-refractivity contribution >= 4 is 20.0 Å². The zero-order valence-corrected chi connectivity index (χ0v) is 19.0. The largest absolute Gasteiger partial charge is 0.460 e. The molecule has 0 bridgehead atoms. The summed E-state index contributed by atoms with van der Waals surface area (Å²) >= 11 is 0. The van der Waals surface area contributed by atoms with Crippen LogP contribution >= 0.6 is 0 Å². The molecule has 0 aliphatic heterocycles. The Bertz CT molecular complexity index is 1060. The first-order chi connectivity index (χ1) is 16.1. The summed E-state index contributed by atoms with van der Waals surface area (Å²) in [6.07, 6.45) is -16.4. The van der Waals surface area contributed by atoms with E-state index >= 15 is 0 Å². The Kier molecular flexibility index (Phi) is 9.51. The molecule has 230 valence electrons. The number of halogens is 18. The van der Waals surface area contributed by atoms with Crippen molar-refractivity contribution in [2.45, 2.75) is 53.0 Å². The third-order valence-electron chi connectivity index (χ3n) is 4.25. The summed E-state index contributed by atoms with van der Waals surface area (Å²) in [5, 5.41) is -14.5. The SMILES string of the molecule is CN(CCCNS(=O)(=O)C(F)(F)C(F)(F)C(F)(F)C(F)(F)F)S(=O)(=O)C(F)(F)C(F)(F)C(F)(F)C(F)(F)F. The summed E-state index contributed by atoms with van der Waals surface area (Å²) in [6, 6.07) is 0. The molecule has 0 unspecified atom stereocenters. The molecule has 0 aromatic carbocycles. The van der Waals surface area contributed by atoms with Gasteiger partial charge in [-0.15, -0.1) is 0 Å². The molecular weight excluding hydrogens is 642 g/mol. The summed E-state index contributed by atoms with van der Waals surface area (Å²) < 4.78 is 275. The normalized spacial score (nSPS) is 16.3. The fourth-order valence-electron chi connectivity index (χ4n) is 1.97. The lowest BCUT2D eigenvalue weighted by Gasteiger charge is -2.34. The molecule has 0 spiro atoms. The Morgan fingerprint density at radius 1 is 0.553 bits per heavy atom. The van der Waals surface area contributed by atoms with Gasteiger partial charge in [0.1, 0.15) is 0 Å². The molecule has 0 fully saturated rings. The van der Waals surface area contributed by atoms with Crippen molar-refractivity contribution in [3.8, 4) is 0 Å². The molecule has 0 aromatic rings. The maximum atomic E-state index is 13.6. The van der Waals surface area contributed by atoms with E-state index in [2.05, 4.69) is 0 Å². The number of hydrogen-bond donors (Lipinski definition) is 1. The number of nitrogens with zero attached hydrogens (tertiary/aromatic N) is 1. The molecule has 0 saturated carbocycles. The van der Waals surface area contributed by atoms with Gasteiger partial charge in [-0.1, -0.05) is 0 Å². The predicted molar refractivity (Wildman–Crippen MR) is 84.9 cm³/mol. The van der Waals surface area contributed by atoms with Crippen molar-refractivity contribution in [3.05, 3.63) is 0 Å². The maximum Gasteiger partial charge on any atom is 0.460 e. The standard InChI is InChI=1S/C12H10F18N2O4S2/c1-32(38(35,36)12(29,30)8(19,20)6(15,16)10(24,25)26)4-2-3-31-37(33,34)11(27,28)7(17,18)5(13,14)9(21,22)23/h31H,2-4H2,1H3. The van der Waals surface area contributed by atoms with Crippen molar-refractivity contribution in [1.82, 2.24) is 9.03 Å². The van der Waals surface area contributed by atoms with Crippen LogP contribution in [-0.4, -0.2) is 87.8 Å². The van der Waals surface area contributed by atoms with Crippen LogP contribution in [0, 0.1) is 0 Å². The quantitative estimate of drug-likeness (QED) is 0.250. The third kappa shape index (κ3) is 5.44. The first-order valence-corrected chi connectivity index (χ1v) is 11.4. The maximum absolute atomic E-state index is 13.6. The predicted octanol–water partition coefficient (Wildman–Crippen LogP) is 4.41. The van der Waals surface area contributed by atoms with Gasteiger partial charge in [-0.25, -0.2) is 21.6 Å². The second kappa shape index (κ2) is 9.88. The van der Waals surface area contributed by atoms with Crippen LogP contribution < -0.4 is 4.72 Å². The van der Waals surface area contributed by atoms with E-state index < -0.39 is 90.4 Å². The smallest absolute Gasteiger partial charge is 0.210 e. The van der Waals surface area contributed by atoms with E-state index in [1.807, 2.05) is 0 Å². The molecule has 1 N–H and O–H groups in total. The van der Waals surface area contributed by atoms with Gasteiger partial charge < -0.3 is 0 Å². The number of alkyl halides is 18. The van der Waals surface area contributed by atoms with Crippen molar-refractivity contribution in [2.24, 2.45) is 0 Å². The summed E-state index contributed by atoms with van der Waals surface area (Å²) in [6.45, 7) is -3.79. The molecule has 0 amide bonds. The summed E-state index contributed by atoms with van der Waals surface area (Å²) in [7, 11) is -14.7. The molecule has 0 rings (SSSR count). The Labute approximate surface area is 199 Å². The van der Waals surface area contributed by atoms with E-state index in [4.69, 9.17) is 0 Å². The van der Waals surface area contributed by atoms with Crippen molar-refractivity contribution < 1.29 is 95.9 Å². The zero-order chi connectivity index (χ0) is 31.4. The Balaban J connectivity index is 5.76. The van der Waals surface area contributed by atoms with E-state index in [0.29, 0.717) is 0 Å². The molecule has 0 radical (unpaired) electrons. The molecule has 6 nitrogen and oxygen atoms in total. The van der Waals surface area contributed by atoms with Crippen LogP contribution in [0.15, 0.2) is 0 Å². The van der Waals surface area contributed by atoms with Gasteiger partial charge in [0, 0.05) is 20.1 Å². The van der Waals surface area contributed by atoms with Crippen molar-refractivity contribution in [2.75, 3.05) is 20.1 Å². The van der Waals surface area contributed by atoms with Crippen LogP contribution in [0.25, 0.3) is 0 Å². The molecule has 38 heavy (non-hydrogen) atoms. The summed E-state index contributed by atoms with van der Waals surface area (Å²) in [5.41, 5.74) is 0. The minimum absolute atomic E-state index is 0.230. The average Bonchev–Trinajstić information content (AvgIpc) is 2.68. The number of hydrogen-bond acceptors (Lipinski definition) is 4. The Morgan fingerprint density at radius 2 is 0.868 bits per heavy atom. The van der Waals surface area contributed by atoms with Gasteiger partial charge >= 0.3 is 46.6 Å². The molecule has 0 aliphatic carbocycles. The average molecular weight is 652 g/mol. The van der Waals surface area contributed by atoms with E-state index in [9.17, 15) is 95.9 Å². The van der Waals surface area contributed by atoms with Gasteiger partial charge in [-0.05, 0) is 6.42 Å². The highest BCUT2D eigenvalue weighted by atomic mass is 32.2. The van der Waals surface area contributed by atoms with Crippen LogP contribution in [-0.2, 0) is 20.0 Å². The van der Waals surface area contributed by atoms with Gasteiger partial charge in [0.25, 0.3) is 20.0 Å². The van der Waals surface area contributed by atoms with Gasteiger partial charge in [-0.3, -0.25) is 0 Å². The van der Waals surface area contributed by atoms with Crippen molar-refractivity contribution in [1.29, 1.82) is 0 Å². The summed E-state index contributed by atoms with van der Waals surface area (Å²) in [4.78, 5) is 0. The minimum Gasteiger partial charge on any atom is -0.210 e. The topological polar surface area (TPSA) is 83.6 Å². The monoisotopic (exact) mass is 652 g/mol.